The summed E-state index contributed by atoms with van der Waals surface area (Å²) in [6.07, 6.45) is 0. The van der Waals surface area contributed by atoms with Crippen LogP contribution in [0.1, 0.15) is 79.8 Å². The van der Waals surface area contributed by atoms with Gasteiger partial charge in [0.05, 0.1) is 0 Å². The summed E-state index contributed by atoms with van der Waals surface area (Å²) in [7, 11) is 0. The van der Waals surface area contributed by atoms with Crippen LogP contribution in [0.5, 0.6) is 0 Å². The van der Waals surface area contributed by atoms with Crippen molar-refractivity contribution >= 4 is 0 Å². The third kappa shape index (κ3) is 8.33. The van der Waals surface area contributed by atoms with Gasteiger partial charge in [-0.3, -0.25) is 0 Å². The van der Waals surface area contributed by atoms with Gasteiger partial charge in [0.2, 0.25) is 0 Å². The Kier molecular flexibility index (Phi) is 9.63. The average Bonchev–Trinajstić information content (AvgIpc) is 3.17. The largest absolute Gasteiger partial charge is 0.217 e. The van der Waals surface area contributed by atoms with Gasteiger partial charge < -0.3 is 0 Å². The fourth-order valence-electron chi connectivity index (χ4n) is 5.69. The quantitative estimate of drug-likeness (QED) is 0.165. The van der Waals surface area contributed by atoms with E-state index in [4.69, 9.17) is 44.9 Å². The zero-order valence-corrected chi connectivity index (χ0v) is 32.7. The highest BCUT2D eigenvalue weighted by atomic mass is 19.1. The van der Waals surface area contributed by atoms with Gasteiger partial charge in [-0.2, -0.15) is 0 Å². The Morgan fingerprint density at radius 3 is 1.00 bits per heavy atom. The number of aromatic nitrogens is 9. The van der Waals surface area contributed by atoms with E-state index in [2.05, 4.69) is 62.3 Å². The highest BCUT2D eigenvalue weighted by Gasteiger charge is 2.26. The van der Waals surface area contributed by atoms with Crippen molar-refractivity contribution in [1.29, 1.82) is 0 Å². The Balaban J connectivity index is 1.36. The van der Waals surface area contributed by atoms with E-state index in [0.717, 1.165) is 39.5 Å². The van der Waals surface area contributed by atoms with Crippen LogP contribution in [0.15, 0.2) is 103 Å². The van der Waals surface area contributed by atoms with Gasteiger partial charge >= 0.3 is 0 Å². The summed E-state index contributed by atoms with van der Waals surface area (Å²) in [5, 5.41) is 0. The second-order valence-electron chi connectivity index (χ2n) is 16.7. The molecule has 7 aromatic rings. The monoisotopic (exact) mass is 729 g/mol. The molecule has 0 radical (unpaired) electrons. The summed E-state index contributed by atoms with van der Waals surface area (Å²) in [6.45, 7) is 18.8. The Morgan fingerprint density at radius 1 is 0.309 bits per heavy atom. The summed E-state index contributed by atoms with van der Waals surface area (Å²) in [5.74, 6) is 4.87. The molecule has 0 saturated heterocycles. The van der Waals surface area contributed by atoms with Gasteiger partial charge in [-0.25, -0.2) is 49.2 Å². The lowest BCUT2D eigenvalue weighted by molar-refractivity contribution is 0.497. The van der Waals surface area contributed by atoms with E-state index in [9.17, 15) is 4.39 Å². The van der Waals surface area contributed by atoms with E-state index >= 15 is 0 Å². The van der Waals surface area contributed by atoms with Crippen molar-refractivity contribution in [2.75, 3.05) is 0 Å². The van der Waals surface area contributed by atoms with Gasteiger partial charge in [-0.1, -0.05) is 129 Å². The van der Waals surface area contributed by atoms with Gasteiger partial charge in [0.1, 0.15) is 23.3 Å². The molecular formula is C45H44FN9. The second kappa shape index (κ2) is 14.2. The summed E-state index contributed by atoms with van der Waals surface area (Å²) in [6, 6.07) is 31.9. The molecule has 0 fully saturated rings. The lowest BCUT2D eigenvalue weighted by Gasteiger charge is -2.22. The van der Waals surface area contributed by atoms with E-state index in [0.29, 0.717) is 46.3 Å². The molecule has 4 aromatic carbocycles. The smallest absolute Gasteiger partial charge is 0.164 e. The Bertz CT molecular complexity index is 2460. The molecule has 0 atom stereocenters. The summed E-state index contributed by atoms with van der Waals surface area (Å²) in [4.78, 5) is 44.3. The van der Waals surface area contributed by atoms with Crippen molar-refractivity contribution in [3.05, 3.63) is 126 Å². The van der Waals surface area contributed by atoms with Gasteiger partial charge in [0.15, 0.2) is 34.9 Å². The number of hydrogen-bond donors (Lipinski definition) is 0. The van der Waals surface area contributed by atoms with Gasteiger partial charge in [-0.15, -0.1) is 0 Å². The molecule has 10 heteroatoms. The first kappa shape index (κ1) is 37.2. The van der Waals surface area contributed by atoms with Gasteiger partial charge in [0, 0.05) is 49.6 Å². The maximum atomic E-state index is 13.8. The molecule has 0 amide bonds. The number of benzene rings is 4. The molecule has 3 aromatic heterocycles. The van der Waals surface area contributed by atoms with Crippen LogP contribution >= 0.6 is 0 Å². The van der Waals surface area contributed by atoms with Gasteiger partial charge in [0.25, 0.3) is 0 Å². The zero-order valence-electron chi connectivity index (χ0n) is 32.7. The fraction of sp³-hybridized carbons (Fsp3) is 0.267. The molecule has 9 nitrogen and oxygen atoms in total. The first-order valence-electron chi connectivity index (χ1n) is 18.3. The van der Waals surface area contributed by atoms with Crippen molar-refractivity contribution in [3.8, 4) is 68.3 Å². The fourth-order valence-corrected chi connectivity index (χ4v) is 5.69. The third-order valence-electron chi connectivity index (χ3n) is 8.81. The van der Waals surface area contributed by atoms with Crippen LogP contribution in [0.3, 0.4) is 0 Å². The first-order chi connectivity index (χ1) is 26.0. The summed E-state index contributed by atoms with van der Waals surface area (Å²) >= 11 is 0. The van der Waals surface area contributed by atoms with Crippen LogP contribution < -0.4 is 0 Å². The molecule has 0 N–H and O–H groups in total. The third-order valence-corrected chi connectivity index (χ3v) is 8.81. The Hall–Kier alpha value is -6.16. The summed E-state index contributed by atoms with van der Waals surface area (Å²) in [5.41, 5.74) is 3.81. The van der Waals surface area contributed by atoms with Crippen LogP contribution in [0.25, 0.3) is 68.3 Å². The SMILES string of the molecule is CC(C)(C)c1nc(-c2ccc(F)cc2)nc(-c2cccc(-c3nc(-c4ccccc4)nc(-c4cccc(-c5nc(C(C)(C)C)nc(C(C)(C)C)n5)c4)n3)c2)n1. The van der Waals surface area contributed by atoms with Crippen molar-refractivity contribution in [3.63, 3.8) is 0 Å². The second-order valence-corrected chi connectivity index (χ2v) is 16.7. The predicted molar refractivity (Wildman–Crippen MR) is 215 cm³/mol. The van der Waals surface area contributed by atoms with E-state index < -0.39 is 0 Å². The molecular weight excluding hydrogens is 686 g/mol. The molecule has 0 spiro atoms. The zero-order chi connectivity index (χ0) is 39.1. The Labute approximate surface area is 321 Å². The average molecular weight is 730 g/mol. The predicted octanol–water partition coefficient (Wildman–Crippen LogP) is 10.3. The molecule has 0 unspecified atom stereocenters. The lowest BCUT2D eigenvalue weighted by Crippen LogP contribution is -2.24. The number of rotatable bonds is 6. The molecule has 0 bridgehead atoms. The number of nitrogens with zero attached hydrogens (tertiary/aromatic N) is 9. The minimum absolute atomic E-state index is 0.268. The minimum Gasteiger partial charge on any atom is -0.217 e. The summed E-state index contributed by atoms with van der Waals surface area (Å²) < 4.78 is 13.8. The van der Waals surface area contributed by atoms with Crippen molar-refractivity contribution in [1.82, 2.24) is 44.9 Å². The topological polar surface area (TPSA) is 116 Å². The molecule has 55 heavy (non-hydrogen) atoms. The molecule has 0 aliphatic rings. The van der Waals surface area contributed by atoms with Crippen molar-refractivity contribution in [2.45, 2.75) is 78.6 Å². The normalized spacial score (nSPS) is 12.2. The van der Waals surface area contributed by atoms with E-state index in [-0.39, 0.29) is 22.1 Å². The number of halogens is 1. The molecule has 7 rings (SSSR count). The van der Waals surface area contributed by atoms with Crippen molar-refractivity contribution < 1.29 is 4.39 Å². The minimum atomic E-state index is -0.365. The highest BCUT2D eigenvalue weighted by molar-refractivity contribution is 5.72. The molecule has 0 aliphatic heterocycles. The van der Waals surface area contributed by atoms with E-state index in [1.165, 1.54) is 12.1 Å². The Morgan fingerprint density at radius 2 is 0.600 bits per heavy atom. The maximum Gasteiger partial charge on any atom is 0.164 e. The van der Waals surface area contributed by atoms with Crippen LogP contribution in [-0.2, 0) is 16.2 Å². The standard InChI is InChI=1S/C45H44FN9/c1-43(2,3)40-51-35(28-21-23-33(46)24-22-28)49-38(52-40)31-19-13-17-29(25-31)36-47-34(27-15-11-10-12-16-27)48-37(50-36)30-18-14-20-32(26-30)39-53-41(44(4,5)6)55-42(54-39)45(7,8)9/h10-26H,1-9H3. The molecule has 0 saturated carbocycles. The number of hydrogen-bond acceptors (Lipinski definition) is 9. The van der Waals surface area contributed by atoms with E-state index in [1.807, 2.05) is 78.9 Å². The van der Waals surface area contributed by atoms with Crippen molar-refractivity contribution in [2.24, 2.45) is 0 Å². The van der Waals surface area contributed by atoms with Crippen LogP contribution in [-0.4, -0.2) is 44.9 Å². The lowest BCUT2D eigenvalue weighted by atomic mass is 9.93. The molecule has 276 valence electrons. The van der Waals surface area contributed by atoms with E-state index in [1.54, 1.807) is 12.1 Å². The maximum absolute atomic E-state index is 13.8. The highest BCUT2D eigenvalue weighted by Crippen LogP contribution is 2.32. The van der Waals surface area contributed by atoms with Crippen LogP contribution in [0.2, 0.25) is 0 Å². The van der Waals surface area contributed by atoms with Crippen LogP contribution in [0.4, 0.5) is 4.39 Å². The first-order valence-corrected chi connectivity index (χ1v) is 18.3. The van der Waals surface area contributed by atoms with Crippen LogP contribution in [0, 0.1) is 5.82 Å². The molecule has 3 heterocycles. The van der Waals surface area contributed by atoms with Gasteiger partial charge in [-0.05, 0) is 36.4 Å². The molecule has 0 aliphatic carbocycles.